The third-order valence-electron chi connectivity index (χ3n) is 4.29. The van der Waals surface area contributed by atoms with Crippen LogP contribution >= 0.6 is 22.4 Å². The zero-order chi connectivity index (χ0) is 20.6. The first-order chi connectivity index (χ1) is 14.8. The largest absolute Gasteiger partial charge is 0.530 e. The lowest BCUT2D eigenvalue weighted by Crippen LogP contribution is -2.06. The fraction of sp³-hybridized carbons (Fsp3) is 0. The van der Waals surface area contributed by atoms with Crippen molar-refractivity contribution in [2.24, 2.45) is 0 Å². The summed E-state index contributed by atoms with van der Waals surface area (Å²) in [6, 6.07) is 39.2. The molecule has 4 aromatic carbocycles. The molecule has 0 fully saturated rings. The molecule has 0 unspecified atom stereocenters. The molecule has 152 valence electrons. The normalized spacial score (nSPS) is 11.3. The lowest BCUT2D eigenvalue weighted by atomic mass is 10.4. The third-order valence-corrected chi connectivity index (χ3v) is 8.03. The summed E-state index contributed by atoms with van der Waals surface area (Å²) in [6.07, 6.45) is -0.660. The smallest absolute Gasteiger partial charge is 0.377 e. The van der Waals surface area contributed by atoms with E-state index in [0.717, 1.165) is 19.6 Å². The summed E-state index contributed by atoms with van der Waals surface area (Å²) >= 11 is -2.65. The zero-order valence-electron chi connectivity index (χ0n) is 16.2. The average molecular weight is 435 g/mol. The number of carbonyl (C=O) groups is 1. The highest BCUT2D eigenvalue weighted by atomic mass is 32.2. The van der Waals surface area contributed by atoms with Crippen molar-refractivity contribution in [1.82, 2.24) is 0 Å². The SMILES string of the molecule is O=C(O[SH](c1ccccc1)c1ccccc1)O[SH](c1ccccc1)c1ccccc1. The van der Waals surface area contributed by atoms with Gasteiger partial charge in [-0.1, -0.05) is 72.8 Å². The van der Waals surface area contributed by atoms with Crippen molar-refractivity contribution >= 4 is 28.5 Å². The number of rotatable bonds is 6. The molecule has 0 radical (unpaired) electrons. The molecule has 4 rings (SSSR count). The van der Waals surface area contributed by atoms with Crippen LogP contribution in [0.1, 0.15) is 0 Å². The number of carbonyl (C=O) groups excluding carboxylic acids is 1. The molecule has 0 saturated heterocycles. The Balaban J connectivity index is 1.60. The van der Waals surface area contributed by atoms with Gasteiger partial charge in [-0.25, -0.2) is 4.79 Å². The predicted octanol–water partition coefficient (Wildman–Crippen LogP) is 7.21. The third kappa shape index (κ3) is 5.06. The highest BCUT2D eigenvalue weighted by molar-refractivity contribution is 8.14. The van der Waals surface area contributed by atoms with Gasteiger partial charge < -0.3 is 8.37 Å². The van der Waals surface area contributed by atoms with Gasteiger partial charge in [0.25, 0.3) is 0 Å². The van der Waals surface area contributed by atoms with E-state index < -0.39 is 28.5 Å². The van der Waals surface area contributed by atoms with E-state index in [2.05, 4.69) is 0 Å². The van der Waals surface area contributed by atoms with Gasteiger partial charge in [0.05, 0.1) is 0 Å². The Morgan fingerprint density at radius 2 is 0.667 bits per heavy atom. The monoisotopic (exact) mass is 434 g/mol. The zero-order valence-corrected chi connectivity index (χ0v) is 18.0. The molecule has 0 aliphatic heterocycles. The van der Waals surface area contributed by atoms with Gasteiger partial charge in [-0.05, 0) is 70.9 Å². The maximum atomic E-state index is 12.9. The molecule has 0 spiro atoms. The lowest BCUT2D eigenvalue weighted by Gasteiger charge is -2.26. The van der Waals surface area contributed by atoms with E-state index in [-0.39, 0.29) is 0 Å². The Kier molecular flexibility index (Phi) is 6.75. The molecule has 0 bridgehead atoms. The van der Waals surface area contributed by atoms with E-state index >= 15 is 0 Å². The molecular weight excluding hydrogens is 412 g/mol. The molecular formula is C25H22O3S2. The second-order valence-electron chi connectivity index (χ2n) is 6.36. The molecule has 0 amide bonds. The van der Waals surface area contributed by atoms with Crippen LogP contribution in [0.4, 0.5) is 4.79 Å². The summed E-state index contributed by atoms with van der Waals surface area (Å²) in [4.78, 5) is 16.8. The van der Waals surface area contributed by atoms with Crippen LogP contribution < -0.4 is 0 Å². The van der Waals surface area contributed by atoms with Crippen LogP contribution in [-0.2, 0) is 8.37 Å². The minimum Gasteiger partial charge on any atom is -0.377 e. The van der Waals surface area contributed by atoms with Crippen LogP contribution in [0.5, 0.6) is 0 Å². The standard InChI is InChI=1S/C25H22O3S2/c26-25(27-29(21-13-5-1-6-14-21)22-15-7-2-8-16-22)28-30(23-17-9-3-10-18-23)24-19-11-4-12-20-24/h1-20,29-30H. The number of hydrogen-bond donors (Lipinski definition) is 2. The summed E-state index contributed by atoms with van der Waals surface area (Å²) in [7, 11) is 0. The maximum Gasteiger partial charge on any atom is 0.530 e. The van der Waals surface area contributed by atoms with Crippen molar-refractivity contribution in [2.75, 3.05) is 0 Å². The van der Waals surface area contributed by atoms with Gasteiger partial charge in [-0.2, -0.15) is 0 Å². The molecule has 0 aliphatic rings. The van der Waals surface area contributed by atoms with Crippen LogP contribution in [-0.4, -0.2) is 6.16 Å². The second kappa shape index (κ2) is 10.1. The predicted molar refractivity (Wildman–Crippen MR) is 124 cm³/mol. The summed E-state index contributed by atoms with van der Waals surface area (Å²) in [6.45, 7) is 0. The summed E-state index contributed by atoms with van der Waals surface area (Å²) in [5.41, 5.74) is 0. The Labute approximate surface area is 182 Å². The fourth-order valence-electron chi connectivity index (χ4n) is 2.93. The fourth-order valence-corrected chi connectivity index (χ4v) is 6.15. The van der Waals surface area contributed by atoms with Crippen molar-refractivity contribution in [1.29, 1.82) is 0 Å². The molecule has 0 N–H and O–H groups in total. The molecule has 0 aliphatic carbocycles. The van der Waals surface area contributed by atoms with Gasteiger partial charge in [0.1, 0.15) is 0 Å². The maximum absolute atomic E-state index is 12.9. The van der Waals surface area contributed by atoms with Gasteiger partial charge in [0.2, 0.25) is 0 Å². The summed E-state index contributed by atoms with van der Waals surface area (Å²) < 4.78 is 11.8. The average Bonchev–Trinajstić information content (AvgIpc) is 2.83. The second-order valence-corrected chi connectivity index (χ2v) is 9.97. The first kappa shape index (κ1) is 20.1. The van der Waals surface area contributed by atoms with Crippen LogP contribution in [0.15, 0.2) is 141 Å². The quantitative estimate of drug-likeness (QED) is 0.315. The minimum atomic E-state index is -1.32. The van der Waals surface area contributed by atoms with E-state index in [1.165, 1.54) is 0 Å². The van der Waals surface area contributed by atoms with E-state index in [4.69, 9.17) is 8.37 Å². The number of hydrogen-bond acceptors (Lipinski definition) is 3. The molecule has 0 atom stereocenters. The molecule has 0 heterocycles. The van der Waals surface area contributed by atoms with Crippen molar-refractivity contribution in [3.8, 4) is 0 Å². The summed E-state index contributed by atoms with van der Waals surface area (Å²) in [5.74, 6) is 0. The van der Waals surface area contributed by atoms with Crippen LogP contribution in [0.3, 0.4) is 0 Å². The van der Waals surface area contributed by atoms with Gasteiger partial charge in [0, 0.05) is 19.6 Å². The summed E-state index contributed by atoms with van der Waals surface area (Å²) in [5, 5.41) is 0. The van der Waals surface area contributed by atoms with Crippen molar-refractivity contribution < 1.29 is 13.2 Å². The molecule has 3 nitrogen and oxygen atoms in total. The van der Waals surface area contributed by atoms with Gasteiger partial charge in [-0.3, -0.25) is 0 Å². The molecule has 5 heteroatoms. The van der Waals surface area contributed by atoms with E-state index in [1.807, 2.05) is 121 Å². The van der Waals surface area contributed by atoms with E-state index in [1.54, 1.807) is 0 Å². The Bertz CT molecular complexity index is 893. The molecule has 0 aromatic heterocycles. The Morgan fingerprint density at radius 3 is 0.900 bits per heavy atom. The van der Waals surface area contributed by atoms with Crippen LogP contribution in [0, 0.1) is 0 Å². The van der Waals surface area contributed by atoms with Crippen molar-refractivity contribution in [3.05, 3.63) is 121 Å². The Morgan fingerprint density at radius 1 is 0.433 bits per heavy atom. The molecule has 30 heavy (non-hydrogen) atoms. The van der Waals surface area contributed by atoms with Crippen LogP contribution in [0.25, 0.3) is 0 Å². The topological polar surface area (TPSA) is 35.5 Å². The molecule has 4 aromatic rings. The van der Waals surface area contributed by atoms with Crippen molar-refractivity contribution in [3.63, 3.8) is 0 Å². The number of benzene rings is 4. The highest BCUT2D eigenvalue weighted by Crippen LogP contribution is 2.49. The van der Waals surface area contributed by atoms with E-state index in [0.29, 0.717) is 0 Å². The first-order valence-electron chi connectivity index (χ1n) is 9.51. The lowest BCUT2D eigenvalue weighted by molar-refractivity contribution is 0.166. The van der Waals surface area contributed by atoms with Gasteiger partial charge in [0.15, 0.2) is 0 Å². The Hall–Kier alpha value is -3.15. The molecule has 0 saturated carbocycles. The van der Waals surface area contributed by atoms with Crippen molar-refractivity contribution in [2.45, 2.75) is 19.6 Å². The first-order valence-corrected chi connectivity index (χ1v) is 12.0. The van der Waals surface area contributed by atoms with Gasteiger partial charge in [-0.15, -0.1) is 0 Å². The van der Waals surface area contributed by atoms with Gasteiger partial charge >= 0.3 is 6.16 Å². The highest BCUT2D eigenvalue weighted by Gasteiger charge is 2.21. The van der Waals surface area contributed by atoms with E-state index in [9.17, 15) is 4.79 Å². The number of thiol groups is 2. The minimum absolute atomic E-state index is 0.660. The van der Waals surface area contributed by atoms with Crippen LogP contribution in [0.2, 0.25) is 0 Å².